The Hall–Kier alpha value is -3.84. The van der Waals surface area contributed by atoms with Crippen LogP contribution in [0.1, 0.15) is 41.1 Å². The summed E-state index contributed by atoms with van der Waals surface area (Å²) >= 11 is 0. The van der Waals surface area contributed by atoms with Crippen LogP contribution in [0.2, 0.25) is 0 Å². The van der Waals surface area contributed by atoms with E-state index in [0.717, 1.165) is 68.8 Å². The number of nitrogens with zero attached hydrogens (tertiary/aromatic N) is 3. The van der Waals surface area contributed by atoms with Crippen molar-refractivity contribution in [3.8, 4) is 5.75 Å². The molecule has 4 aromatic rings. The Bertz CT molecular complexity index is 1380. The molecular formula is C31H34N4O3. The summed E-state index contributed by atoms with van der Waals surface area (Å²) in [5.74, 6) is 0.989. The molecule has 0 saturated carbocycles. The fourth-order valence-corrected chi connectivity index (χ4v) is 5.46. The van der Waals surface area contributed by atoms with Crippen molar-refractivity contribution in [2.45, 2.75) is 44.9 Å². The molecule has 0 aliphatic carbocycles. The van der Waals surface area contributed by atoms with Gasteiger partial charge in [-0.2, -0.15) is 0 Å². The van der Waals surface area contributed by atoms with Gasteiger partial charge in [0, 0.05) is 68.9 Å². The van der Waals surface area contributed by atoms with Gasteiger partial charge in [0.1, 0.15) is 17.4 Å². The summed E-state index contributed by atoms with van der Waals surface area (Å²) in [5.41, 5.74) is 4.30. The van der Waals surface area contributed by atoms with Crippen LogP contribution in [0.5, 0.6) is 5.75 Å². The number of piperidine rings is 1. The molecule has 2 aliphatic rings. The van der Waals surface area contributed by atoms with Crippen LogP contribution in [-0.4, -0.2) is 54.1 Å². The summed E-state index contributed by atoms with van der Waals surface area (Å²) in [6.07, 6.45) is 4.87. The average Bonchev–Trinajstić information content (AvgIpc) is 3.57. The number of aromatic nitrogens is 1. The van der Waals surface area contributed by atoms with Crippen molar-refractivity contribution >= 4 is 22.6 Å². The summed E-state index contributed by atoms with van der Waals surface area (Å²) in [4.78, 5) is 22.1. The lowest BCUT2D eigenvalue weighted by molar-refractivity contribution is 0.0912. The third-order valence-corrected chi connectivity index (χ3v) is 7.57. The molecular weight excluding hydrogens is 476 g/mol. The minimum Gasteiger partial charge on any atom is -0.490 e. The van der Waals surface area contributed by atoms with E-state index in [1.54, 1.807) is 0 Å². The van der Waals surface area contributed by atoms with Gasteiger partial charge in [0.2, 0.25) is 0 Å². The number of anilines is 1. The number of benzene rings is 2. The van der Waals surface area contributed by atoms with Crippen molar-refractivity contribution in [1.82, 2.24) is 15.2 Å². The lowest BCUT2D eigenvalue weighted by Gasteiger charge is -2.33. The first-order valence-electron chi connectivity index (χ1n) is 13.5. The Morgan fingerprint density at radius 1 is 1.03 bits per heavy atom. The highest BCUT2D eigenvalue weighted by molar-refractivity contribution is 5.96. The second kappa shape index (κ2) is 10.9. The van der Waals surface area contributed by atoms with E-state index in [9.17, 15) is 4.79 Å². The van der Waals surface area contributed by atoms with Gasteiger partial charge < -0.3 is 19.4 Å². The number of ether oxygens (including phenoxy) is 1. The van der Waals surface area contributed by atoms with Crippen LogP contribution in [0.3, 0.4) is 0 Å². The molecule has 7 heteroatoms. The molecule has 2 aliphatic heterocycles. The molecule has 2 fully saturated rings. The molecule has 0 unspecified atom stereocenters. The highest BCUT2D eigenvalue weighted by Crippen LogP contribution is 2.28. The molecule has 1 amide bonds. The van der Waals surface area contributed by atoms with Crippen LogP contribution < -0.4 is 15.0 Å². The van der Waals surface area contributed by atoms with Crippen molar-refractivity contribution in [2.75, 3.05) is 31.1 Å². The lowest BCUT2D eigenvalue weighted by atomic mass is 10.1. The first-order chi connectivity index (χ1) is 18.6. The average molecular weight is 511 g/mol. The minimum absolute atomic E-state index is 0.101. The van der Waals surface area contributed by atoms with Crippen molar-refractivity contribution in [3.63, 3.8) is 0 Å². The molecule has 2 saturated heterocycles. The zero-order valence-corrected chi connectivity index (χ0v) is 21.8. The van der Waals surface area contributed by atoms with Crippen molar-refractivity contribution in [2.24, 2.45) is 0 Å². The molecule has 196 valence electrons. The summed E-state index contributed by atoms with van der Waals surface area (Å²) in [6.45, 7) is 6.62. The van der Waals surface area contributed by atoms with Gasteiger partial charge >= 0.3 is 0 Å². The normalized spacial score (nSPS) is 18.7. The summed E-state index contributed by atoms with van der Waals surface area (Å²) < 4.78 is 12.2. The molecule has 38 heavy (non-hydrogen) atoms. The Labute approximate surface area is 223 Å². The number of furan rings is 1. The topological polar surface area (TPSA) is 70.8 Å². The van der Waals surface area contributed by atoms with E-state index in [4.69, 9.17) is 9.15 Å². The molecule has 0 radical (unpaired) electrons. The molecule has 2 aromatic heterocycles. The molecule has 7 nitrogen and oxygen atoms in total. The quantitative estimate of drug-likeness (QED) is 0.369. The van der Waals surface area contributed by atoms with Crippen LogP contribution in [0.15, 0.2) is 77.3 Å². The van der Waals surface area contributed by atoms with Gasteiger partial charge in [-0.05, 0) is 61.9 Å². The molecule has 1 atom stereocenters. The number of likely N-dealkylation sites (tertiary alicyclic amines) is 1. The smallest absolute Gasteiger partial charge is 0.287 e. The molecule has 2 aromatic carbocycles. The van der Waals surface area contributed by atoms with Crippen LogP contribution in [0.25, 0.3) is 11.0 Å². The van der Waals surface area contributed by atoms with E-state index in [2.05, 4.69) is 51.3 Å². The summed E-state index contributed by atoms with van der Waals surface area (Å²) in [6, 6.07) is 22.4. The predicted molar refractivity (Wildman–Crippen MR) is 149 cm³/mol. The largest absolute Gasteiger partial charge is 0.490 e. The summed E-state index contributed by atoms with van der Waals surface area (Å²) in [7, 11) is 0. The monoisotopic (exact) mass is 510 g/mol. The maximum atomic E-state index is 12.9. The highest BCUT2D eigenvalue weighted by Gasteiger charge is 2.26. The Balaban J connectivity index is 1.02. The van der Waals surface area contributed by atoms with E-state index in [0.29, 0.717) is 11.3 Å². The van der Waals surface area contributed by atoms with Gasteiger partial charge in [-0.1, -0.05) is 23.8 Å². The van der Waals surface area contributed by atoms with Gasteiger partial charge in [0.25, 0.3) is 5.91 Å². The Morgan fingerprint density at radius 3 is 2.66 bits per heavy atom. The fraction of sp³-hybridized carbons (Fsp3) is 0.355. The van der Waals surface area contributed by atoms with Crippen molar-refractivity contribution in [1.29, 1.82) is 0 Å². The van der Waals surface area contributed by atoms with Crippen LogP contribution in [0.4, 0.5) is 5.69 Å². The third kappa shape index (κ3) is 5.68. The number of aryl methyl sites for hydroxylation is 1. The predicted octanol–water partition coefficient (Wildman–Crippen LogP) is 5.19. The SMILES string of the molecule is Cc1ccc(N2CCC(Oc3ccc4oc(C(=O)N[C@@H]5CCN(Cc6ccccn6)C5)cc4c3)CC2)cc1. The standard InChI is InChI=1S/C31H34N4O3/c1-22-5-7-26(8-6-22)35-16-12-27(13-17-35)37-28-9-10-29-23(18-28)19-30(38-29)31(36)33-25-11-15-34(21-25)20-24-4-2-3-14-32-24/h2-10,14,18-19,25,27H,11-13,15-17,20-21H2,1H3,(H,33,36)/t25-/m1/s1. The number of nitrogens with one attached hydrogen (secondary N) is 1. The number of hydrogen-bond donors (Lipinski definition) is 1. The van der Waals surface area contributed by atoms with E-state index >= 15 is 0 Å². The van der Waals surface area contributed by atoms with Gasteiger partial charge in [-0.15, -0.1) is 0 Å². The number of rotatable bonds is 7. The van der Waals surface area contributed by atoms with Gasteiger partial charge in [0.15, 0.2) is 5.76 Å². The minimum atomic E-state index is -0.170. The van der Waals surface area contributed by atoms with E-state index in [1.165, 1.54) is 11.3 Å². The lowest BCUT2D eigenvalue weighted by Crippen LogP contribution is -2.38. The first kappa shape index (κ1) is 24.5. The molecule has 4 heterocycles. The van der Waals surface area contributed by atoms with Gasteiger partial charge in [-0.25, -0.2) is 0 Å². The number of carbonyl (C=O) groups excluding carboxylic acids is 1. The zero-order chi connectivity index (χ0) is 25.9. The Morgan fingerprint density at radius 2 is 1.87 bits per heavy atom. The first-order valence-corrected chi connectivity index (χ1v) is 13.5. The van der Waals surface area contributed by atoms with Crippen LogP contribution >= 0.6 is 0 Å². The van der Waals surface area contributed by atoms with E-state index in [1.807, 2.05) is 48.7 Å². The summed E-state index contributed by atoms with van der Waals surface area (Å²) in [5, 5.41) is 4.02. The van der Waals surface area contributed by atoms with E-state index in [-0.39, 0.29) is 18.1 Å². The van der Waals surface area contributed by atoms with Gasteiger partial charge in [-0.3, -0.25) is 14.7 Å². The van der Waals surface area contributed by atoms with E-state index < -0.39 is 0 Å². The zero-order valence-electron chi connectivity index (χ0n) is 21.8. The van der Waals surface area contributed by atoms with Crippen molar-refractivity contribution in [3.05, 3.63) is 89.9 Å². The molecule has 0 spiro atoms. The molecule has 1 N–H and O–H groups in total. The third-order valence-electron chi connectivity index (χ3n) is 7.57. The van der Waals surface area contributed by atoms with Gasteiger partial charge in [0.05, 0.1) is 5.69 Å². The molecule has 6 rings (SSSR count). The maximum Gasteiger partial charge on any atom is 0.287 e. The number of carbonyl (C=O) groups is 1. The number of hydrogen-bond acceptors (Lipinski definition) is 6. The van der Waals surface area contributed by atoms with Crippen LogP contribution in [-0.2, 0) is 6.54 Å². The fourth-order valence-electron chi connectivity index (χ4n) is 5.46. The number of amides is 1. The number of pyridine rings is 1. The second-order valence-corrected chi connectivity index (χ2v) is 10.5. The van der Waals surface area contributed by atoms with Crippen molar-refractivity contribution < 1.29 is 13.9 Å². The number of fused-ring (bicyclic) bond motifs is 1. The Kier molecular flexibility index (Phi) is 7.01. The highest BCUT2D eigenvalue weighted by atomic mass is 16.5. The second-order valence-electron chi connectivity index (χ2n) is 10.5. The molecule has 0 bridgehead atoms. The maximum absolute atomic E-state index is 12.9. The van der Waals surface area contributed by atoms with Crippen LogP contribution in [0, 0.1) is 6.92 Å².